The van der Waals surface area contributed by atoms with Crippen LogP contribution in [0, 0.1) is 0 Å². The third-order valence-corrected chi connectivity index (χ3v) is 3.53. The van der Waals surface area contributed by atoms with Gasteiger partial charge in [-0.15, -0.1) is 0 Å². The monoisotopic (exact) mass is 383 g/mol. The van der Waals surface area contributed by atoms with Crippen LogP contribution >= 0.6 is 43.5 Å². The van der Waals surface area contributed by atoms with Gasteiger partial charge in [-0.3, -0.25) is 4.79 Å². The van der Waals surface area contributed by atoms with E-state index in [0.717, 1.165) is 0 Å². The molecule has 1 atom stereocenters. The maximum Gasteiger partial charge on any atom is 0.224 e. The molecule has 0 aliphatic heterocycles. The first-order chi connectivity index (χ1) is 7.90. The Labute approximate surface area is 122 Å². The lowest BCUT2D eigenvalue weighted by atomic mass is 10.2. The SMILES string of the molecule is CC(O)CCC(=O)Nc1c(Br)cc(Cl)cc1Br. The van der Waals surface area contributed by atoms with Crippen LogP contribution in [-0.2, 0) is 4.79 Å². The van der Waals surface area contributed by atoms with Gasteiger partial charge in [0.25, 0.3) is 0 Å². The van der Waals surface area contributed by atoms with Gasteiger partial charge in [-0.05, 0) is 57.3 Å². The van der Waals surface area contributed by atoms with Gasteiger partial charge in [0.15, 0.2) is 0 Å². The third-order valence-electron chi connectivity index (χ3n) is 2.06. The van der Waals surface area contributed by atoms with Gasteiger partial charge in [-0.2, -0.15) is 0 Å². The van der Waals surface area contributed by atoms with Crippen LogP contribution in [0.3, 0.4) is 0 Å². The van der Waals surface area contributed by atoms with Crippen molar-refractivity contribution < 1.29 is 9.90 Å². The number of carbonyl (C=O) groups excluding carboxylic acids is 1. The summed E-state index contributed by atoms with van der Waals surface area (Å²) >= 11 is 12.5. The fourth-order valence-electron chi connectivity index (χ4n) is 1.20. The Morgan fingerprint density at radius 1 is 1.47 bits per heavy atom. The molecule has 0 bridgehead atoms. The molecule has 17 heavy (non-hydrogen) atoms. The van der Waals surface area contributed by atoms with Crippen molar-refractivity contribution >= 4 is 55.1 Å². The van der Waals surface area contributed by atoms with Gasteiger partial charge in [0.2, 0.25) is 5.91 Å². The Morgan fingerprint density at radius 3 is 2.47 bits per heavy atom. The number of halogens is 3. The number of amides is 1. The Bertz CT molecular complexity index is 401. The first-order valence-electron chi connectivity index (χ1n) is 5.02. The second kappa shape index (κ2) is 6.73. The molecule has 2 N–H and O–H groups in total. The predicted octanol–water partition coefficient (Wildman–Crippen LogP) is 3.96. The smallest absolute Gasteiger partial charge is 0.224 e. The van der Waals surface area contributed by atoms with Crippen LogP contribution in [0.25, 0.3) is 0 Å². The van der Waals surface area contributed by atoms with Crippen LogP contribution in [0.1, 0.15) is 19.8 Å². The van der Waals surface area contributed by atoms with Gasteiger partial charge in [-0.25, -0.2) is 0 Å². The molecule has 0 radical (unpaired) electrons. The van der Waals surface area contributed by atoms with E-state index in [1.807, 2.05) is 0 Å². The minimum absolute atomic E-state index is 0.144. The summed E-state index contributed by atoms with van der Waals surface area (Å²) in [5, 5.41) is 12.4. The van der Waals surface area contributed by atoms with Crippen LogP contribution in [0.2, 0.25) is 5.02 Å². The number of hydrogen-bond acceptors (Lipinski definition) is 2. The van der Waals surface area contributed by atoms with Crippen molar-refractivity contribution in [3.63, 3.8) is 0 Å². The van der Waals surface area contributed by atoms with Gasteiger partial charge in [0.1, 0.15) is 0 Å². The average molecular weight is 385 g/mol. The summed E-state index contributed by atoms with van der Waals surface area (Å²) < 4.78 is 1.42. The number of carbonyl (C=O) groups is 1. The average Bonchev–Trinajstić information content (AvgIpc) is 2.20. The van der Waals surface area contributed by atoms with Crippen molar-refractivity contribution in [2.45, 2.75) is 25.9 Å². The van der Waals surface area contributed by atoms with Gasteiger partial charge < -0.3 is 10.4 Å². The molecule has 1 aromatic carbocycles. The summed E-state index contributed by atoms with van der Waals surface area (Å²) in [5.74, 6) is -0.144. The van der Waals surface area contributed by atoms with E-state index in [1.54, 1.807) is 19.1 Å². The van der Waals surface area contributed by atoms with E-state index >= 15 is 0 Å². The highest BCUT2D eigenvalue weighted by molar-refractivity contribution is 9.11. The zero-order valence-corrected chi connectivity index (χ0v) is 13.1. The zero-order chi connectivity index (χ0) is 13.0. The van der Waals surface area contributed by atoms with Crippen LogP contribution in [0.5, 0.6) is 0 Å². The van der Waals surface area contributed by atoms with E-state index in [0.29, 0.717) is 26.1 Å². The number of rotatable bonds is 4. The molecule has 0 fully saturated rings. The predicted molar refractivity (Wildman–Crippen MR) is 76.4 cm³/mol. The zero-order valence-electron chi connectivity index (χ0n) is 9.14. The van der Waals surface area contributed by atoms with Gasteiger partial charge >= 0.3 is 0 Å². The molecule has 0 spiro atoms. The Morgan fingerprint density at radius 2 is 2.00 bits per heavy atom. The second-order valence-electron chi connectivity index (χ2n) is 3.68. The topological polar surface area (TPSA) is 49.3 Å². The van der Waals surface area contributed by atoms with Gasteiger partial charge in [0, 0.05) is 20.4 Å². The lowest BCUT2D eigenvalue weighted by Crippen LogP contribution is -2.14. The molecule has 1 rings (SSSR count). The third kappa shape index (κ3) is 4.95. The van der Waals surface area contributed by atoms with E-state index in [4.69, 9.17) is 16.7 Å². The summed E-state index contributed by atoms with van der Waals surface area (Å²) in [7, 11) is 0. The number of hydrogen-bond donors (Lipinski definition) is 2. The molecule has 1 aromatic rings. The maximum atomic E-state index is 11.6. The van der Waals surface area contributed by atoms with Crippen molar-refractivity contribution in [3.8, 4) is 0 Å². The fraction of sp³-hybridized carbons (Fsp3) is 0.364. The maximum absolute atomic E-state index is 11.6. The Kier molecular flexibility index (Phi) is 5.92. The number of nitrogens with one attached hydrogen (secondary N) is 1. The highest BCUT2D eigenvalue weighted by atomic mass is 79.9. The first kappa shape index (κ1) is 15.0. The summed E-state index contributed by atoms with van der Waals surface area (Å²) in [6.07, 6.45) is 0.242. The fourth-order valence-corrected chi connectivity index (χ4v) is 3.07. The molecule has 0 heterocycles. The number of anilines is 1. The van der Waals surface area contributed by atoms with Crippen molar-refractivity contribution in [1.29, 1.82) is 0 Å². The minimum atomic E-state index is -0.474. The molecule has 94 valence electrons. The summed E-state index contributed by atoms with van der Waals surface area (Å²) in [4.78, 5) is 11.6. The van der Waals surface area contributed by atoms with E-state index in [1.165, 1.54) is 0 Å². The molecule has 0 aliphatic rings. The molecule has 0 aromatic heterocycles. The van der Waals surface area contributed by atoms with Crippen LogP contribution in [0.4, 0.5) is 5.69 Å². The molecular weight excluding hydrogens is 373 g/mol. The standard InChI is InChI=1S/C11H12Br2ClNO2/c1-6(16)2-3-10(17)15-11-8(12)4-7(14)5-9(11)13/h4-6,16H,2-3H2,1H3,(H,15,17). The van der Waals surface area contributed by atoms with Crippen LogP contribution < -0.4 is 5.32 Å². The lowest BCUT2D eigenvalue weighted by molar-refractivity contribution is -0.116. The Balaban J connectivity index is 2.72. The normalized spacial score (nSPS) is 12.3. The number of aliphatic hydroxyl groups is 1. The van der Waals surface area contributed by atoms with Crippen LogP contribution in [0.15, 0.2) is 21.1 Å². The van der Waals surface area contributed by atoms with E-state index in [-0.39, 0.29) is 12.3 Å². The molecule has 1 amide bonds. The van der Waals surface area contributed by atoms with Crippen molar-refractivity contribution in [2.75, 3.05) is 5.32 Å². The van der Waals surface area contributed by atoms with E-state index in [9.17, 15) is 4.79 Å². The number of benzene rings is 1. The molecule has 0 saturated carbocycles. The minimum Gasteiger partial charge on any atom is -0.393 e. The van der Waals surface area contributed by atoms with E-state index < -0.39 is 6.10 Å². The summed E-state index contributed by atoms with van der Waals surface area (Å²) in [5.41, 5.74) is 0.644. The van der Waals surface area contributed by atoms with Gasteiger partial charge in [0.05, 0.1) is 11.8 Å². The largest absolute Gasteiger partial charge is 0.393 e. The summed E-state index contributed by atoms with van der Waals surface area (Å²) in [6, 6.07) is 3.41. The van der Waals surface area contributed by atoms with E-state index in [2.05, 4.69) is 37.2 Å². The highest BCUT2D eigenvalue weighted by Crippen LogP contribution is 2.34. The summed E-state index contributed by atoms with van der Waals surface area (Å²) in [6.45, 7) is 1.65. The Hall–Kier alpha value is -0.100. The lowest BCUT2D eigenvalue weighted by Gasteiger charge is -2.10. The molecule has 0 aliphatic carbocycles. The van der Waals surface area contributed by atoms with Crippen molar-refractivity contribution in [1.82, 2.24) is 0 Å². The highest BCUT2D eigenvalue weighted by Gasteiger charge is 2.11. The molecule has 3 nitrogen and oxygen atoms in total. The second-order valence-corrected chi connectivity index (χ2v) is 5.83. The molecular formula is C11H12Br2ClNO2. The molecule has 1 unspecified atom stereocenters. The first-order valence-corrected chi connectivity index (χ1v) is 6.99. The quantitative estimate of drug-likeness (QED) is 0.824. The van der Waals surface area contributed by atoms with Crippen LogP contribution in [-0.4, -0.2) is 17.1 Å². The van der Waals surface area contributed by atoms with Gasteiger partial charge in [-0.1, -0.05) is 11.6 Å². The molecule has 6 heteroatoms. The molecule has 0 saturated heterocycles. The van der Waals surface area contributed by atoms with Crippen molar-refractivity contribution in [3.05, 3.63) is 26.1 Å². The number of aliphatic hydroxyl groups excluding tert-OH is 1. The van der Waals surface area contributed by atoms with Crippen molar-refractivity contribution in [2.24, 2.45) is 0 Å².